The highest BCUT2D eigenvalue weighted by molar-refractivity contribution is 7.80. The first-order chi connectivity index (χ1) is 16.8. The molecule has 1 aliphatic heterocycles. The van der Waals surface area contributed by atoms with Crippen LogP contribution >= 0.6 is 23.8 Å². The van der Waals surface area contributed by atoms with Crippen molar-refractivity contribution in [2.75, 3.05) is 4.90 Å². The Balaban J connectivity index is 1.64. The van der Waals surface area contributed by atoms with Crippen molar-refractivity contribution in [2.45, 2.75) is 6.92 Å². The monoisotopic (exact) mass is 501 g/mol. The Morgan fingerprint density at radius 3 is 2.37 bits per heavy atom. The third kappa shape index (κ3) is 4.20. The fraction of sp³-hybridized carbons (Fsp3) is 0.0741. The van der Waals surface area contributed by atoms with Gasteiger partial charge in [0.15, 0.2) is 5.11 Å². The highest BCUT2D eigenvalue weighted by atomic mass is 35.5. The zero-order valence-corrected chi connectivity index (χ0v) is 20.5. The van der Waals surface area contributed by atoms with Crippen LogP contribution in [-0.2, 0) is 16.6 Å². The van der Waals surface area contributed by atoms with Crippen LogP contribution in [-0.4, -0.2) is 21.5 Å². The van der Waals surface area contributed by atoms with Gasteiger partial charge in [-0.15, -0.1) is 0 Å². The molecule has 1 aromatic heterocycles. The third-order valence-electron chi connectivity index (χ3n) is 5.80. The normalized spacial score (nSPS) is 15.1. The molecule has 5 rings (SSSR count). The van der Waals surface area contributed by atoms with Gasteiger partial charge in [0.2, 0.25) is 5.88 Å². The number of aromatic nitrogens is 1. The van der Waals surface area contributed by atoms with Gasteiger partial charge in [-0.2, -0.15) is 0 Å². The number of rotatable bonds is 4. The van der Waals surface area contributed by atoms with Crippen LogP contribution in [0.1, 0.15) is 11.1 Å². The lowest BCUT2D eigenvalue weighted by Crippen LogP contribution is -2.54. The van der Waals surface area contributed by atoms with Crippen molar-refractivity contribution in [1.29, 1.82) is 0 Å². The van der Waals surface area contributed by atoms with E-state index in [2.05, 4.69) is 5.32 Å². The summed E-state index contributed by atoms with van der Waals surface area (Å²) in [4.78, 5) is 27.7. The van der Waals surface area contributed by atoms with Gasteiger partial charge >= 0.3 is 0 Å². The topological polar surface area (TPSA) is 63.6 Å². The van der Waals surface area contributed by atoms with E-state index in [1.165, 1.54) is 4.90 Å². The van der Waals surface area contributed by atoms with Crippen molar-refractivity contribution in [3.63, 3.8) is 0 Å². The minimum Gasteiger partial charge on any atom is -0.440 e. The van der Waals surface area contributed by atoms with Crippen molar-refractivity contribution < 1.29 is 14.3 Å². The number of amides is 2. The summed E-state index contributed by atoms with van der Waals surface area (Å²) in [5.74, 6) is 0.0496. The van der Waals surface area contributed by atoms with E-state index >= 15 is 0 Å². The number of benzene rings is 3. The summed E-state index contributed by atoms with van der Waals surface area (Å²) in [5, 5.41) is 4.00. The van der Waals surface area contributed by atoms with Crippen molar-refractivity contribution >= 4 is 63.4 Å². The third-order valence-corrected chi connectivity index (χ3v) is 6.34. The van der Waals surface area contributed by atoms with Gasteiger partial charge in [-0.05, 0) is 67.7 Å². The Kier molecular flexibility index (Phi) is 5.88. The summed E-state index contributed by atoms with van der Waals surface area (Å²) in [7, 11) is 1.88. The van der Waals surface area contributed by atoms with Crippen LogP contribution in [0.3, 0.4) is 0 Å². The highest BCUT2D eigenvalue weighted by Gasteiger charge is 2.35. The first-order valence-electron chi connectivity index (χ1n) is 10.8. The molecule has 0 bridgehead atoms. The number of aryl methyl sites for hydroxylation is 2. The smallest absolute Gasteiger partial charge is 0.270 e. The van der Waals surface area contributed by atoms with Gasteiger partial charge in [-0.1, -0.05) is 47.5 Å². The van der Waals surface area contributed by atoms with Crippen molar-refractivity contribution in [3.8, 4) is 11.6 Å². The van der Waals surface area contributed by atoms with E-state index in [0.717, 1.165) is 16.5 Å². The molecule has 0 radical (unpaired) electrons. The number of ether oxygens (including phenoxy) is 1. The molecule has 2 amide bonds. The summed E-state index contributed by atoms with van der Waals surface area (Å²) in [6, 6.07) is 22.0. The van der Waals surface area contributed by atoms with Gasteiger partial charge in [0.1, 0.15) is 11.3 Å². The first-order valence-corrected chi connectivity index (χ1v) is 11.6. The summed E-state index contributed by atoms with van der Waals surface area (Å²) in [6.07, 6.45) is 1.56. The number of para-hydroxylation sites is 1. The second kappa shape index (κ2) is 9.02. The van der Waals surface area contributed by atoms with Crippen LogP contribution in [0.4, 0.5) is 5.69 Å². The number of nitrogens with one attached hydrogen (secondary N) is 1. The molecule has 2 heterocycles. The second-order valence-corrected chi connectivity index (χ2v) is 8.97. The van der Waals surface area contributed by atoms with E-state index < -0.39 is 11.8 Å². The van der Waals surface area contributed by atoms with E-state index in [0.29, 0.717) is 27.9 Å². The van der Waals surface area contributed by atoms with Gasteiger partial charge in [-0.25, -0.2) is 0 Å². The van der Waals surface area contributed by atoms with Gasteiger partial charge in [-0.3, -0.25) is 19.8 Å². The minimum absolute atomic E-state index is 0.00789. The predicted octanol–water partition coefficient (Wildman–Crippen LogP) is 5.76. The maximum atomic E-state index is 13.5. The lowest BCUT2D eigenvalue weighted by atomic mass is 10.1. The van der Waals surface area contributed by atoms with Crippen molar-refractivity contribution in [1.82, 2.24) is 9.88 Å². The predicted molar refractivity (Wildman–Crippen MR) is 142 cm³/mol. The maximum absolute atomic E-state index is 13.5. The number of hydrogen-bond donors (Lipinski definition) is 1. The molecule has 0 aliphatic carbocycles. The van der Waals surface area contributed by atoms with E-state index in [1.54, 1.807) is 30.3 Å². The Labute approximate surface area is 212 Å². The number of carbonyl (C=O) groups excluding carboxylic acids is 2. The molecule has 0 saturated carbocycles. The van der Waals surface area contributed by atoms with Crippen LogP contribution in [0.5, 0.6) is 11.6 Å². The molecule has 3 aromatic carbocycles. The molecule has 6 nitrogen and oxygen atoms in total. The number of halogens is 1. The van der Waals surface area contributed by atoms with Gasteiger partial charge in [0, 0.05) is 23.0 Å². The van der Waals surface area contributed by atoms with Crippen LogP contribution in [0, 0.1) is 6.92 Å². The minimum atomic E-state index is -0.570. The van der Waals surface area contributed by atoms with E-state index in [9.17, 15) is 9.59 Å². The SMILES string of the molecule is Cc1ccc(Oc2c(C=C3C(=O)NC(=S)N(c4ccc(Cl)cc4)C3=O)c3ccccc3n2C)cc1. The molecule has 174 valence electrons. The van der Waals surface area contributed by atoms with Crippen molar-refractivity contribution in [2.24, 2.45) is 7.05 Å². The van der Waals surface area contributed by atoms with Gasteiger partial charge in [0.05, 0.1) is 11.2 Å². The zero-order valence-electron chi connectivity index (χ0n) is 18.9. The molecule has 1 saturated heterocycles. The average Bonchev–Trinajstić information content (AvgIpc) is 3.10. The van der Waals surface area contributed by atoms with E-state index in [1.807, 2.05) is 67.1 Å². The molecule has 1 aliphatic rings. The zero-order chi connectivity index (χ0) is 24.7. The van der Waals surface area contributed by atoms with E-state index in [-0.39, 0.29) is 10.7 Å². The summed E-state index contributed by atoms with van der Waals surface area (Å²) < 4.78 is 8.16. The quantitative estimate of drug-likeness (QED) is 0.219. The summed E-state index contributed by atoms with van der Waals surface area (Å²) in [6.45, 7) is 2.00. The Bertz CT molecular complexity index is 1520. The molecular formula is C27H20ClN3O3S. The Morgan fingerprint density at radius 2 is 1.66 bits per heavy atom. The van der Waals surface area contributed by atoms with Crippen LogP contribution in [0.15, 0.2) is 78.4 Å². The largest absolute Gasteiger partial charge is 0.440 e. The molecule has 0 atom stereocenters. The molecular weight excluding hydrogens is 482 g/mol. The molecule has 35 heavy (non-hydrogen) atoms. The molecule has 0 unspecified atom stereocenters. The summed E-state index contributed by atoms with van der Waals surface area (Å²) >= 11 is 11.3. The number of thiocarbonyl (C=S) groups is 1. The van der Waals surface area contributed by atoms with Gasteiger partial charge in [0.25, 0.3) is 11.8 Å². The van der Waals surface area contributed by atoms with Crippen LogP contribution in [0.25, 0.3) is 17.0 Å². The van der Waals surface area contributed by atoms with E-state index in [4.69, 9.17) is 28.6 Å². The number of hydrogen-bond acceptors (Lipinski definition) is 4. The number of fused-ring (bicyclic) bond motifs is 1. The Morgan fingerprint density at radius 1 is 0.971 bits per heavy atom. The van der Waals surface area contributed by atoms with Crippen LogP contribution in [0.2, 0.25) is 5.02 Å². The van der Waals surface area contributed by atoms with Crippen molar-refractivity contribution in [3.05, 3.63) is 94.5 Å². The second-order valence-electron chi connectivity index (χ2n) is 8.14. The fourth-order valence-electron chi connectivity index (χ4n) is 4.01. The lowest BCUT2D eigenvalue weighted by molar-refractivity contribution is -0.122. The lowest BCUT2D eigenvalue weighted by Gasteiger charge is -2.29. The molecule has 1 N–H and O–H groups in total. The number of anilines is 1. The van der Waals surface area contributed by atoms with Crippen LogP contribution < -0.4 is 15.0 Å². The fourth-order valence-corrected chi connectivity index (χ4v) is 4.41. The Hall–Kier alpha value is -3.94. The standard InChI is InChI=1S/C27H20ClN3O3S/c1-16-7-13-19(14-8-16)34-26-21(20-5-3-4-6-23(20)30(26)2)15-22-24(32)29-27(35)31(25(22)33)18-11-9-17(28)10-12-18/h3-15H,1-2H3,(H,29,32,35). The summed E-state index contributed by atoms with van der Waals surface area (Å²) in [5.41, 5.74) is 3.07. The first kappa shape index (κ1) is 22.8. The maximum Gasteiger partial charge on any atom is 0.270 e. The number of nitrogens with zero attached hydrogens (tertiary/aromatic N) is 2. The molecule has 4 aromatic rings. The average molecular weight is 502 g/mol. The molecule has 8 heteroatoms. The highest BCUT2D eigenvalue weighted by Crippen LogP contribution is 2.36. The number of carbonyl (C=O) groups is 2. The molecule has 0 spiro atoms. The molecule has 1 fully saturated rings. The van der Waals surface area contributed by atoms with Gasteiger partial charge < -0.3 is 9.30 Å².